The van der Waals surface area contributed by atoms with Crippen LogP contribution in [0.3, 0.4) is 0 Å². The van der Waals surface area contributed by atoms with Crippen LogP contribution in [0.2, 0.25) is 0 Å². The maximum Gasteiger partial charge on any atom is 0.213 e. The molecule has 130 valence electrons. The molecule has 0 aliphatic carbocycles. The van der Waals surface area contributed by atoms with E-state index in [1.165, 1.54) is 11.5 Å². The van der Waals surface area contributed by atoms with Crippen molar-refractivity contribution in [3.8, 4) is 17.0 Å². The van der Waals surface area contributed by atoms with Gasteiger partial charge in [0.05, 0.1) is 19.3 Å². The van der Waals surface area contributed by atoms with Crippen LogP contribution in [-0.4, -0.2) is 46.7 Å². The van der Waals surface area contributed by atoms with Gasteiger partial charge < -0.3 is 14.4 Å². The molecule has 0 bridgehead atoms. The number of ether oxygens (including phenoxy) is 2. The summed E-state index contributed by atoms with van der Waals surface area (Å²) in [6.45, 7) is 5.95. The minimum atomic E-state index is 0.212. The summed E-state index contributed by atoms with van der Waals surface area (Å²) in [6.07, 6.45) is 4.05. The fraction of sp³-hybridized carbons (Fsp3) is 0.389. The Kier molecular flexibility index (Phi) is 4.27. The number of methoxy groups -OCH3 is 1. The molecule has 1 saturated heterocycles. The molecular weight excluding hydrogens is 336 g/mol. The lowest BCUT2D eigenvalue weighted by molar-refractivity contribution is -0.00494. The van der Waals surface area contributed by atoms with E-state index in [4.69, 9.17) is 14.5 Å². The Bertz CT molecular complexity index is 888. The predicted molar refractivity (Wildman–Crippen MR) is 99.4 cm³/mol. The Morgan fingerprint density at radius 3 is 2.72 bits per heavy atom. The first-order valence-corrected chi connectivity index (χ1v) is 9.07. The van der Waals surface area contributed by atoms with E-state index in [1.807, 2.05) is 18.3 Å². The lowest BCUT2D eigenvalue weighted by Crippen LogP contribution is -2.45. The third kappa shape index (κ3) is 3.17. The molecule has 4 rings (SSSR count). The van der Waals surface area contributed by atoms with E-state index in [1.54, 1.807) is 13.3 Å². The fourth-order valence-corrected chi connectivity index (χ4v) is 4.07. The summed E-state index contributed by atoms with van der Waals surface area (Å²) >= 11 is 1.51. The first kappa shape index (κ1) is 16.2. The Hall–Kier alpha value is -2.25. The highest BCUT2D eigenvalue weighted by Gasteiger charge is 2.25. The molecule has 3 aromatic rings. The third-order valence-electron chi connectivity index (χ3n) is 4.28. The van der Waals surface area contributed by atoms with Crippen LogP contribution in [0.25, 0.3) is 22.2 Å². The zero-order valence-corrected chi connectivity index (χ0v) is 15.3. The van der Waals surface area contributed by atoms with Crippen molar-refractivity contribution in [2.75, 3.05) is 25.1 Å². The number of rotatable bonds is 3. The van der Waals surface area contributed by atoms with Gasteiger partial charge in [-0.05, 0) is 43.1 Å². The first-order chi connectivity index (χ1) is 12.1. The lowest BCUT2D eigenvalue weighted by Gasteiger charge is -2.35. The van der Waals surface area contributed by atoms with E-state index in [0.717, 1.165) is 40.3 Å². The molecule has 0 unspecified atom stereocenters. The number of hydrogen-bond donors (Lipinski definition) is 0. The highest BCUT2D eigenvalue weighted by Crippen LogP contribution is 2.34. The molecule has 6 nitrogen and oxygen atoms in total. The Morgan fingerprint density at radius 1 is 1.16 bits per heavy atom. The van der Waals surface area contributed by atoms with Crippen molar-refractivity contribution < 1.29 is 9.47 Å². The number of nitrogens with zero attached hydrogens (tertiary/aromatic N) is 4. The van der Waals surface area contributed by atoms with Gasteiger partial charge in [0.15, 0.2) is 0 Å². The number of aromatic nitrogens is 3. The van der Waals surface area contributed by atoms with Crippen molar-refractivity contribution in [2.45, 2.75) is 26.1 Å². The molecule has 0 spiro atoms. The van der Waals surface area contributed by atoms with Crippen LogP contribution in [0.5, 0.6) is 5.88 Å². The highest BCUT2D eigenvalue weighted by molar-refractivity contribution is 7.11. The molecule has 0 N–H and O–H groups in total. The monoisotopic (exact) mass is 356 g/mol. The molecule has 7 heteroatoms. The van der Waals surface area contributed by atoms with Gasteiger partial charge in [-0.15, -0.1) is 0 Å². The van der Waals surface area contributed by atoms with Crippen molar-refractivity contribution in [1.29, 1.82) is 0 Å². The van der Waals surface area contributed by atoms with Gasteiger partial charge in [-0.1, -0.05) is 0 Å². The molecule has 1 aliphatic heterocycles. The summed E-state index contributed by atoms with van der Waals surface area (Å²) in [5, 5.41) is 1.12. The summed E-state index contributed by atoms with van der Waals surface area (Å²) in [7, 11) is 1.62. The van der Waals surface area contributed by atoms with E-state index in [9.17, 15) is 0 Å². The summed E-state index contributed by atoms with van der Waals surface area (Å²) in [5.41, 5.74) is 3.90. The summed E-state index contributed by atoms with van der Waals surface area (Å²) in [6, 6.07) is 5.93. The molecular formula is C18H20N4O2S. The zero-order chi connectivity index (χ0) is 17.4. The second kappa shape index (κ2) is 6.57. The van der Waals surface area contributed by atoms with Gasteiger partial charge in [0, 0.05) is 37.1 Å². The highest BCUT2D eigenvalue weighted by atomic mass is 32.1. The molecule has 0 amide bonds. The smallest absolute Gasteiger partial charge is 0.213 e. The van der Waals surface area contributed by atoms with Crippen LogP contribution in [0.15, 0.2) is 30.6 Å². The van der Waals surface area contributed by atoms with Gasteiger partial charge in [-0.25, -0.2) is 4.98 Å². The van der Waals surface area contributed by atoms with Crippen molar-refractivity contribution in [3.05, 3.63) is 30.6 Å². The van der Waals surface area contributed by atoms with E-state index in [0.29, 0.717) is 5.88 Å². The number of pyridine rings is 2. The number of hydrogen-bond acceptors (Lipinski definition) is 7. The quantitative estimate of drug-likeness (QED) is 0.717. The summed E-state index contributed by atoms with van der Waals surface area (Å²) in [4.78, 5) is 11.2. The van der Waals surface area contributed by atoms with Gasteiger partial charge in [0.1, 0.15) is 16.0 Å². The maximum atomic E-state index is 5.83. The average molecular weight is 356 g/mol. The summed E-state index contributed by atoms with van der Waals surface area (Å²) in [5.74, 6) is 0.591. The van der Waals surface area contributed by atoms with Crippen molar-refractivity contribution in [2.24, 2.45) is 0 Å². The van der Waals surface area contributed by atoms with Crippen LogP contribution in [0, 0.1) is 0 Å². The number of anilines is 1. The van der Waals surface area contributed by atoms with Gasteiger partial charge in [-0.2, -0.15) is 4.37 Å². The molecule has 1 fully saturated rings. The van der Waals surface area contributed by atoms with Gasteiger partial charge in [-0.3, -0.25) is 4.98 Å². The predicted octanol–water partition coefficient (Wildman–Crippen LogP) is 3.38. The topological polar surface area (TPSA) is 60.4 Å². The minimum absolute atomic E-state index is 0.212. The summed E-state index contributed by atoms with van der Waals surface area (Å²) < 4.78 is 15.7. The molecule has 0 radical (unpaired) electrons. The van der Waals surface area contributed by atoms with Gasteiger partial charge in [0.25, 0.3) is 0 Å². The first-order valence-electron chi connectivity index (χ1n) is 8.30. The van der Waals surface area contributed by atoms with E-state index < -0.39 is 0 Å². The molecule has 1 aliphatic rings. The standard InChI is InChI=1S/C18H20N4O2S/c1-11-9-22(10-12(2)24-11)18-17-15(21-25-18)6-14(8-20-17)13-4-5-19-16(7-13)23-3/h4-8,11-12H,9-10H2,1-3H3/t11-,12+. The van der Waals surface area contributed by atoms with Gasteiger partial charge in [0.2, 0.25) is 5.88 Å². The largest absolute Gasteiger partial charge is 0.481 e. The van der Waals surface area contributed by atoms with Crippen LogP contribution in [0.4, 0.5) is 5.00 Å². The lowest BCUT2D eigenvalue weighted by atomic mass is 10.1. The van der Waals surface area contributed by atoms with Crippen LogP contribution >= 0.6 is 11.5 Å². The SMILES string of the molecule is COc1cc(-c2cnc3c(N4C[C@@H](C)O[C@@H](C)C4)snc3c2)ccn1. The maximum absolute atomic E-state index is 5.83. The Balaban J connectivity index is 1.69. The van der Waals surface area contributed by atoms with Gasteiger partial charge >= 0.3 is 0 Å². The van der Waals surface area contributed by atoms with Crippen LogP contribution in [0.1, 0.15) is 13.8 Å². The molecule has 3 aromatic heterocycles. The minimum Gasteiger partial charge on any atom is -0.481 e. The van der Waals surface area contributed by atoms with E-state index in [-0.39, 0.29) is 12.2 Å². The number of morpholine rings is 1. The third-order valence-corrected chi connectivity index (χ3v) is 5.20. The molecule has 2 atom stereocenters. The second-order valence-corrected chi connectivity index (χ2v) is 7.08. The van der Waals surface area contributed by atoms with Crippen molar-refractivity contribution in [1.82, 2.24) is 14.3 Å². The molecule has 4 heterocycles. The normalized spacial score (nSPS) is 20.8. The van der Waals surface area contributed by atoms with E-state index >= 15 is 0 Å². The Morgan fingerprint density at radius 2 is 1.96 bits per heavy atom. The average Bonchev–Trinajstić information content (AvgIpc) is 3.04. The number of fused-ring (bicyclic) bond motifs is 1. The van der Waals surface area contributed by atoms with Crippen LogP contribution in [-0.2, 0) is 4.74 Å². The zero-order valence-electron chi connectivity index (χ0n) is 14.5. The van der Waals surface area contributed by atoms with Crippen molar-refractivity contribution in [3.63, 3.8) is 0 Å². The molecule has 25 heavy (non-hydrogen) atoms. The molecule has 0 aromatic carbocycles. The van der Waals surface area contributed by atoms with Crippen molar-refractivity contribution >= 4 is 27.6 Å². The fourth-order valence-electron chi connectivity index (χ4n) is 3.23. The van der Waals surface area contributed by atoms with Crippen LogP contribution < -0.4 is 9.64 Å². The Labute approximate surface area is 150 Å². The molecule has 0 saturated carbocycles. The van der Waals surface area contributed by atoms with E-state index in [2.05, 4.69) is 34.2 Å². The second-order valence-electron chi connectivity index (χ2n) is 6.33.